The van der Waals surface area contributed by atoms with Gasteiger partial charge in [0, 0.05) is 45.9 Å². The molecule has 0 aliphatic rings. The highest BCUT2D eigenvalue weighted by Gasteiger charge is 2.21. The number of benzene rings is 1. The number of H-pyrrole nitrogens is 1. The van der Waals surface area contributed by atoms with Crippen LogP contribution in [-0.2, 0) is 11.2 Å². The van der Waals surface area contributed by atoms with Crippen molar-refractivity contribution in [2.45, 2.75) is 25.3 Å². The van der Waals surface area contributed by atoms with E-state index in [4.69, 9.17) is 0 Å². The molecule has 4 nitrogen and oxygen atoms in total. The zero-order chi connectivity index (χ0) is 20.1. The summed E-state index contributed by atoms with van der Waals surface area (Å²) in [5.74, 6) is 0.248. The second-order valence-electron chi connectivity index (χ2n) is 7.11. The predicted molar refractivity (Wildman–Crippen MR) is 123 cm³/mol. The normalized spacial score (nSPS) is 13.4. The Labute approximate surface area is 179 Å². The van der Waals surface area contributed by atoms with Gasteiger partial charge in [-0.1, -0.05) is 30.3 Å². The van der Waals surface area contributed by atoms with Crippen LogP contribution in [0.2, 0.25) is 0 Å². The number of para-hydroxylation sites is 1. The summed E-state index contributed by atoms with van der Waals surface area (Å²) in [6.07, 6.45) is 2.98. The van der Waals surface area contributed by atoms with E-state index in [2.05, 4.69) is 69.0 Å². The summed E-state index contributed by atoms with van der Waals surface area (Å²) in [6, 6.07) is 16.5. The molecule has 0 saturated heterocycles. The van der Waals surface area contributed by atoms with Gasteiger partial charge in [0.15, 0.2) is 0 Å². The highest BCUT2D eigenvalue weighted by atomic mass is 32.1. The molecule has 0 fully saturated rings. The Kier molecular flexibility index (Phi) is 6.44. The lowest BCUT2D eigenvalue weighted by Crippen LogP contribution is -2.44. The first kappa shape index (κ1) is 19.9. The van der Waals surface area contributed by atoms with Crippen molar-refractivity contribution in [2.75, 3.05) is 13.1 Å². The average Bonchev–Trinajstić information content (AvgIpc) is 3.50. The molecule has 0 unspecified atom stereocenters. The molecule has 0 aliphatic carbocycles. The van der Waals surface area contributed by atoms with Gasteiger partial charge in [-0.2, -0.15) is 0 Å². The van der Waals surface area contributed by atoms with Crippen molar-refractivity contribution in [1.82, 2.24) is 15.6 Å². The van der Waals surface area contributed by atoms with E-state index in [-0.39, 0.29) is 17.9 Å². The number of hydrogen-bond acceptors (Lipinski definition) is 4. The number of carbonyl (C=O) groups is 1. The van der Waals surface area contributed by atoms with Gasteiger partial charge in [-0.3, -0.25) is 4.79 Å². The number of aromatic amines is 1. The minimum atomic E-state index is -0.244. The number of hydrogen-bond donors (Lipinski definition) is 3. The Bertz CT molecular complexity index is 1040. The van der Waals surface area contributed by atoms with Gasteiger partial charge in [-0.05, 0) is 47.9 Å². The standard InChI is InChI=1S/C23H25N3OS2/c1-16(23(27)24-11-10-17-6-4-12-28-17)25-15-20(22-9-5-13-29-22)19-14-26-21-8-3-2-7-18(19)21/h2-9,12-14,16,20,25-26H,10-11,15H2,1H3,(H,24,27)/t16-,20+/m1/s1. The summed E-state index contributed by atoms with van der Waals surface area (Å²) in [6.45, 7) is 3.31. The van der Waals surface area contributed by atoms with Crippen molar-refractivity contribution in [3.63, 3.8) is 0 Å². The minimum absolute atomic E-state index is 0.0467. The third-order valence-corrected chi connectivity index (χ3v) is 7.08. The molecule has 150 valence electrons. The quantitative estimate of drug-likeness (QED) is 0.364. The maximum absolute atomic E-state index is 12.5. The Morgan fingerprint density at radius 1 is 1.07 bits per heavy atom. The Balaban J connectivity index is 1.40. The van der Waals surface area contributed by atoms with E-state index in [0.29, 0.717) is 13.1 Å². The first-order valence-corrected chi connectivity index (χ1v) is 11.6. The molecular formula is C23H25N3OS2. The summed E-state index contributed by atoms with van der Waals surface area (Å²) < 4.78 is 0. The Morgan fingerprint density at radius 3 is 2.69 bits per heavy atom. The number of thiophene rings is 2. The molecule has 3 N–H and O–H groups in total. The number of aromatic nitrogens is 1. The van der Waals surface area contributed by atoms with Crippen molar-refractivity contribution >= 4 is 39.5 Å². The van der Waals surface area contributed by atoms with E-state index in [0.717, 1.165) is 11.9 Å². The van der Waals surface area contributed by atoms with Gasteiger partial charge >= 0.3 is 0 Å². The van der Waals surface area contributed by atoms with E-state index >= 15 is 0 Å². The largest absolute Gasteiger partial charge is 0.361 e. The van der Waals surface area contributed by atoms with Crippen LogP contribution in [0, 0.1) is 0 Å². The summed E-state index contributed by atoms with van der Waals surface area (Å²) in [5, 5.41) is 11.9. The lowest BCUT2D eigenvalue weighted by atomic mass is 9.96. The first-order chi connectivity index (χ1) is 14.2. The maximum atomic E-state index is 12.5. The van der Waals surface area contributed by atoms with Crippen LogP contribution in [0.4, 0.5) is 0 Å². The third kappa shape index (κ3) is 4.78. The predicted octanol–water partition coefficient (Wildman–Crippen LogP) is 4.76. The zero-order valence-electron chi connectivity index (χ0n) is 16.4. The molecule has 0 aliphatic heterocycles. The highest BCUT2D eigenvalue weighted by molar-refractivity contribution is 7.10. The summed E-state index contributed by atoms with van der Waals surface area (Å²) in [5.41, 5.74) is 2.41. The van der Waals surface area contributed by atoms with Gasteiger partial charge in [-0.15, -0.1) is 22.7 Å². The SMILES string of the molecule is C[C@@H](NC[C@H](c1cccs1)c1c[nH]c2ccccc12)C(=O)NCCc1cccs1. The lowest BCUT2D eigenvalue weighted by molar-refractivity contribution is -0.122. The van der Waals surface area contributed by atoms with Crippen molar-refractivity contribution in [3.8, 4) is 0 Å². The van der Waals surface area contributed by atoms with Gasteiger partial charge < -0.3 is 15.6 Å². The molecule has 1 aromatic carbocycles. The number of nitrogens with one attached hydrogen (secondary N) is 3. The van der Waals surface area contributed by atoms with Crippen LogP contribution in [0.3, 0.4) is 0 Å². The first-order valence-electron chi connectivity index (χ1n) is 9.85. The Morgan fingerprint density at radius 2 is 1.90 bits per heavy atom. The fourth-order valence-electron chi connectivity index (χ4n) is 3.54. The molecule has 2 atom stereocenters. The Hall–Kier alpha value is -2.41. The maximum Gasteiger partial charge on any atom is 0.236 e. The van der Waals surface area contributed by atoms with Gasteiger partial charge in [0.25, 0.3) is 0 Å². The second-order valence-corrected chi connectivity index (χ2v) is 9.12. The minimum Gasteiger partial charge on any atom is -0.361 e. The number of fused-ring (bicyclic) bond motifs is 1. The summed E-state index contributed by atoms with van der Waals surface area (Å²) in [7, 11) is 0. The van der Waals surface area contributed by atoms with E-state index in [1.54, 1.807) is 22.7 Å². The summed E-state index contributed by atoms with van der Waals surface area (Å²) in [4.78, 5) is 18.5. The summed E-state index contributed by atoms with van der Waals surface area (Å²) >= 11 is 3.48. The van der Waals surface area contributed by atoms with E-state index in [9.17, 15) is 4.79 Å². The molecule has 4 aromatic rings. The van der Waals surface area contributed by atoms with E-state index < -0.39 is 0 Å². The fourth-order valence-corrected chi connectivity index (χ4v) is 5.09. The smallest absolute Gasteiger partial charge is 0.236 e. The monoisotopic (exact) mass is 423 g/mol. The number of carbonyl (C=O) groups excluding carboxylic acids is 1. The molecule has 29 heavy (non-hydrogen) atoms. The van der Waals surface area contributed by atoms with Gasteiger partial charge in [0.05, 0.1) is 6.04 Å². The van der Waals surface area contributed by atoms with Crippen LogP contribution < -0.4 is 10.6 Å². The molecular weight excluding hydrogens is 398 g/mol. The molecule has 0 spiro atoms. The van der Waals surface area contributed by atoms with Crippen LogP contribution in [0.15, 0.2) is 65.5 Å². The molecule has 0 bridgehead atoms. The van der Waals surface area contributed by atoms with E-state index in [1.807, 2.05) is 19.1 Å². The highest BCUT2D eigenvalue weighted by Crippen LogP contribution is 2.32. The van der Waals surface area contributed by atoms with Gasteiger partial charge in [0.1, 0.15) is 0 Å². The van der Waals surface area contributed by atoms with Crippen LogP contribution in [0.25, 0.3) is 10.9 Å². The number of rotatable bonds is 9. The third-order valence-electron chi connectivity index (χ3n) is 5.16. The molecule has 4 rings (SSSR count). The molecule has 3 aromatic heterocycles. The van der Waals surface area contributed by atoms with Crippen molar-refractivity contribution in [3.05, 3.63) is 80.8 Å². The van der Waals surface area contributed by atoms with E-state index in [1.165, 1.54) is 20.7 Å². The van der Waals surface area contributed by atoms with Gasteiger partial charge in [-0.25, -0.2) is 0 Å². The van der Waals surface area contributed by atoms with Crippen molar-refractivity contribution < 1.29 is 4.79 Å². The topological polar surface area (TPSA) is 56.9 Å². The number of amides is 1. The molecule has 1 amide bonds. The molecule has 0 radical (unpaired) electrons. The second kappa shape index (κ2) is 9.39. The molecule has 0 saturated carbocycles. The fraction of sp³-hybridized carbons (Fsp3) is 0.261. The molecule has 6 heteroatoms. The average molecular weight is 424 g/mol. The lowest BCUT2D eigenvalue weighted by Gasteiger charge is -2.20. The van der Waals surface area contributed by atoms with Crippen LogP contribution in [-0.4, -0.2) is 30.0 Å². The van der Waals surface area contributed by atoms with Crippen LogP contribution in [0.5, 0.6) is 0 Å². The van der Waals surface area contributed by atoms with Crippen molar-refractivity contribution in [2.24, 2.45) is 0 Å². The van der Waals surface area contributed by atoms with Gasteiger partial charge in [0.2, 0.25) is 5.91 Å². The zero-order valence-corrected chi connectivity index (χ0v) is 18.0. The molecule has 3 heterocycles. The van der Waals surface area contributed by atoms with Crippen LogP contribution >= 0.6 is 22.7 Å². The van der Waals surface area contributed by atoms with Crippen molar-refractivity contribution in [1.29, 1.82) is 0 Å². The van der Waals surface area contributed by atoms with Crippen LogP contribution in [0.1, 0.15) is 28.2 Å².